The lowest BCUT2D eigenvalue weighted by atomic mass is 9.98. The number of carbonyl (C=O) groups is 2. The van der Waals surface area contributed by atoms with Crippen molar-refractivity contribution in [3.05, 3.63) is 18.5 Å². The highest BCUT2D eigenvalue weighted by molar-refractivity contribution is 7.99. The van der Waals surface area contributed by atoms with Crippen LogP contribution in [0.4, 0.5) is 0 Å². The van der Waals surface area contributed by atoms with Gasteiger partial charge in [0.05, 0.1) is 0 Å². The van der Waals surface area contributed by atoms with Gasteiger partial charge >= 0.3 is 0 Å². The predicted molar refractivity (Wildman–Crippen MR) is 74.9 cm³/mol. The Morgan fingerprint density at radius 3 is 2.53 bits per heavy atom. The van der Waals surface area contributed by atoms with E-state index in [4.69, 9.17) is 0 Å². The monoisotopic (exact) mass is 281 g/mol. The van der Waals surface area contributed by atoms with Crippen molar-refractivity contribution in [2.45, 2.75) is 44.3 Å². The summed E-state index contributed by atoms with van der Waals surface area (Å²) in [5.74, 6) is 0.624. The Morgan fingerprint density at radius 2 is 1.95 bits per heavy atom. The molecule has 0 fully saturated rings. The van der Waals surface area contributed by atoms with Gasteiger partial charge in [0.1, 0.15) is 5.78 Å². The molecule has 6 heteroatoms. The molecule has 0 spiro atoms. The second kappa shape index (κ2) is 7.23. The van der Waals surface area contributed by atoms with E-state index in [0.717, 1.165) is 0 Å². The number of ketones is 1. The van der Waals surface area contributed by atoms with Crippen LogP contribution < -0.4 is 5.32 Å². The van der Waals surface area contributed by atoms with Gasteiger partial charge in [0.2, 0.25) is 5.91 Å². The van der Waals surface area contributed by atoms with Crippen molar-refractivity contribution in [1.29, 1.82) is 0 Å². The maximum Gasteiger partial charge on any atom is 0.221 e. The third kappa shape index (κ3) is 6.91. The average Bonchev–Trinajstić information content (AvgIpc) is 2.27. The second-order valence-corrected chi connectivity index (χ2v) is 6.00. The van der Waals surface area contributed by atoms with Gasteiger partial charge in [-0.15, -0.1) is 0 Å². The van der Waals surface area contributed by atoms with Crippen LogP contribution in [0.5, 0.6) is 0 Å². The van der Waals surface area contributed by atoms with Crippen LogP contribution in [0.1, 0.15) is 33.6 Å². The summed E-state index contributed by atoms with van der Waals surface area (Å²) in [4.78, 5) is 31.0. The minimum Gasteiger partial charge on any atom is -0.351 e. The van der Waals surface area contributed by atoms with E-state index in [2.05, 4.69) is 15.3 Å². The SMILES string of the molecule is CC(=O)CC(C)(C)NC(=O)CCSc1ncccn1. The minimum absolute atomic E-state index is 0.0605. The Bertz CT molecular complexity index is 435. The van der Waals surface area contributed by atoms with Gasteiger partial charge in [0, 0.05) is 36.5 Å². The largest absolute Gasteiger partial charge is 0.351 e. The molecule has 1 N–H and O–H groups in total. The number of hydrogen-bond donors (Lipinski definition) is 1. The number of rotatable bonds is 7. The van der Waals surface area contributed by atoms with Crippen LogP contribution in [-0.2, 0) is 9.59 Å². The molecule has 1 heterocycles. The lowest BCUT2D eigenvalue weighted by Crippen LogP contribution is -2.44. The normalized spacial score (nSPS) is 11.1. The molecule has 0 aliphatic rings. The molecule has 104 valence electrons. The Kier molecular flexibility index (Phi) is 5.95. The van der Waals surface area contributed by atoms with Crippen LogP contribution in [0.15, 0.2) is 23.6 Å². The van der Waals surface area contributed by atoms with Crippen LogP contribution in [0.25, 0.3) is 0 Å². The summed E-state index contributed by atoms with van der Waals surface area (Å²) < 4.78 is 0. The first-order valence-electron chi connectivity index (χ1n) is 6.09. The number of nitrogens with one attached hydrogen (secondary N) is 1. The molecule has 0 radical (unpaired) electrons. The molecule has 0 aromatic carbocycles. The van der Waals surface area contributed by atoms with E-state index in [-0.39, 0.29) is 11.7 Å². The van der Waals surface area contributed by atoms with Crippen molar-refractivity contribution in [1.82, 2.24) is 15.3 Å². The number of aromatic nitrogens is 2. The van der Waals surface area contributed by atoms with E-state index in [9.17, 15) is 9.59 Å². The minimum atomic E-state index is -0.489. The topological polar surface area (TPSA) is 72.0 Å². The van der Waals surface area contributed by atoms with Crippen molar-refractivity contribution in [3.8, 4) is 0 Å². The molecule has 5 nitrogen and oxygen atoms in total. The van der Waals surface area contributed by atoms with E-state index in [1.54, 1.807) is 18.5 Å². The maximum absolute atomic E-state index is 11.8. The lowest BCUT2D eigenvalue weighted by Gasteiger charge is -2.24. The fourth-order valence-electron chi connectivity index (χ4n) is 1.70. The van der Waals surface area contributed by atoms with Gasteiger partial charge in [-0.05, 0) is 26.8 Å². The lowest BCUT2D eigenvalue weighted by molar-refractivity contribution is -0.123. The van der Waals surface area contributed by atoms with Gasteiger partial charge < -0.3 is 5.32 Å². The molecular weight excluding hydrogens is 262 g/mol. The summed E-state index contributed by atoms with van der Waals surface area (Å²) in [6.45, 7) is 5.22. The Labute approximate surface area is 117 Å². The third-order valence-electron chi connectivity index (χ3n) is 2.27. The van der Waals surface area contributed by atoms with E-state index in [0.29, 0.717) is 23.8 Å². The molecule has 0 aliphatic heterocycles. The quantitative estimate of drug-likeness (QED) is 0.610. The standard InChI is InChI=1S/C13H19N3O2S/c1-10(17)9-13(2,3)16-11(18)5-8-19-12-14-6-4-7-15-12/h4,6-7H,5,8-9H2,1-3H3,(H,16,18). The Morgan fingerprint density at radius 1 is 1.32 bits per heavy atom. The van der Waals surface area contributed by atoms with Gasteiger partial charge in [-0.3, -0.25) is 9.59 Å². The summed E-state index contributed by atoms with van der Waals surface area (Å²) in [7, 11) is 0. The first-order valence-corrected chi connectivity index (χ1v) is 7.08. The van der Waals surface area contributed by atoms with Crippen LogP contribution in [0, 0.1) is 0 Å². The number of nitrogens with zero attached hydrogens (tertiary/aromatic N) is 2. The van der Waals surface area contributed by atoms with Crippen LogP contribution >= 0.6 is 11.8 Å². The van der Waals surface area contributed by atoms with Crippen LogP contribution in [0.3, 0.4) is 0 Å². The summed E-state index contributed by atoms with van der Waals surface area (Å²) in [6, 6.07) is 1.75. The highest BCUT2D eigenvalue weighted by Gasteiger charge is 2.21. The molecule has 0 aliphatic carbocycles. The molecule has 0 saturated heterocycles. The van der Waals surface area contributed by atoms with Gasteiger partial charge in [-0.2, -0.15) is 0 Å². The summed E-state index contributed by atoms with van der Waals surface area (Å²) in [5.41, 5.74) is -0.489. The summed E-state index contributed by atoms with van der Waals surface area (Å²) in [6.07, 6.45) is 4.06. The average molecular weight is 281 g/mol. The predicted octanol–water partition coefficient (Wildman–Crippen LogP) is 1.83. The molecular formula is C13H19N3O2S. The number of hydrogen-bond acceptors (Lipinski definition) is 5. The van der Waals surface area contributed by atoms with E-state index in [1.807, 2.05) is 13.8 Å². The van der Waals surface area contributed by atoms with Crippen molar-refractivity contribution in [3.63, 3.8) is 0 Å². The van der Waals surface area contributed by atoms with Gasteiger partial charge in [0.25, 0.3) is 0 Å². The molecule has 19 heavy (non-hydrogen) atoms. The van der Waals surface area contributed by atoms with E-state index >= 15 is 0 Å². The first-order chi connectivity index (χ1) is 8.89. The van der Waals surface area contributed by atoms with E-state index in [1.165, 1.54) is 18.7 Å². The van der Waals surface area contributed by atoms with E-state index < -0.39 is 5.54 Å². The molecule has 1 aromatic heterocycles. The summed E-state index contributed by atoms with van der Waals surface area (Å²) >= 11 is 1.44. The number of Topliss-reactive ketones (excluding diaryl/α,β-unsaturated/α-hetero) is 1. The molecule has 0 bridgehead atoms. The smallest absolute Gasteiger partial charge is 0.221 e. The number of amides is 1. The maximum atomic E-state index is 11.8. The second-order valence-electron chi connectivity index (χ2n) is 4.94. The Balaban J connectivity index is 2.30. The molecule has 0 saturated carbocycles. The van der Waals surface area contributed by atoms with Crippen molar-refractivity contribution in [2.75, 3.05) is 5.75 Å². The van der Waals surface area contributed by atoms with Gasteiger partial charge in [-0.25, -0.2) is 9.97 Å². The van der Waals surface area contributed by atoms with Gasteiger partial charge in [0.15, 0.2) is 5.16 Å². The number of thioether (sulfide) groups is 1. The molecule has 1 rings (SSSR count). The van der Waals surface area contributed by atoms with Crippen molar-refractivity contribution in [2.24, 2.45) is 0 Å². The zero-order valence-corrected chi connectivity index (χ0v) is 12.3. The van der Waals surface area contributed by atoms with Crippen molar-refractivity contribution < 1.29 is 9.59 Å². The van der Waals surface area contributed by atoms with Gasteiger partial charge in [-0.1, -0.05) is 11.8 Å². The molecule has 1 aromatic rings. The fraction of sp³-hybridized carbons (Fsp3) is 0.538. The highest BCUT2D eigenvalue weighted by Crippen LogP contribution is 2.13. The molecule has 0 atom stereocenters. The van der Waals surface area contributed by atoms with Crippen LogP contribution in [-0.4, -0.2) is 33.0 Å². The summed E-state index contributed by atoms with van der Waals surface area (Å²) in [5, 5.41) is 3.53. The zero-order valence-electron chi connectivity index (χ0n) is 11.5. The first kappa shape index (κ1) is 15.6. The van der Waals surface area contributed by atoms with Crippen molar-refractivity contribution >= 4 is 23.5 Å². The Hall–Kier alpha value is -1.43. The third-order valence-corrected chi connectivity index (χ3v) is 3.15. The molecule has 1 amide bonds. The molecule has 0 unspecified atom stereocenters. The van der Waals surface area contributed by atoms with Crippen LogP contribution in [0.2, 0.25) is 0 Å². The fourth-order valence-corrected chi connectivity index (χ4v) is 2.44. The highest BCUT2D eigenvalue weighted by atomic mass is 32.2. The number of carbonyl (C=O) groups excluding carboxylic acids is 2. The zero-order chi connectivity index (χ0) is 14.3.